The average Bonchev–Trinajstić information content (AvgIpc) is 3.39. The van der Waals surface area contributed by atoms with Crippen LogP contribution in [0, 0.1) is 11.8 Å². The van der Waals surface area contributed by atoms with Crippen LogP contribution in [0.3, 0.4) is 0 Å². The molecule has 1 amide bonds. The van der Waals surface area contributed by atoms with Crippen molar-refractivity contribution in [2.45, 2.75) is 18.9 Å². The molecule has 6 heteroatoms. The van der Waals surface area contributed by atoms with Crippen molar-refractivity contribution < 1.29 is 19.0 Å². The number of carbonyl (C=O) groups is 1. The second-order valence-electron chi connectivity index (χ2n) is 7.54. The first-order chi connectivity index (χ1) is 12.7. The highest BCUT2D eigenvalue weighted by molar-refractivity contribution is 5.78. The molecule has 3 saturated heterocycles. The van der Waals surface area contributed by atoms with Gasteiger partial charge in [-0.15, -0.1) is 0 Å². The average molecular weight is 360 g/mol. The number of benzene rings is 1. The molecule has 1 aromatic carbocycles. The summed E-state index contributed by atoms with van der Waals surface area (Å²) in [5.41, 5.74) is 0. The smallest absolute Gasteiger partial charge is 0.260 e. The van der Waals surface area contributed by atoms with Gasteiger partial charge in [0.15, 0.2) is 18.1 Å². The van der Waals surface area contributed by atoms with Crippen molar-refractivity contribution in [3.05, 3.63) is 24.3 Å². The van der Waals surface area contributed by atoms with Crippen molar-refractivity contribution in [1.82, 2.24) is 9.80 Å². The molecule has 6 nitrogen and oxygen atoms in total. The minimum Gasteiger partial charge on any atom is -0.493 e. The maximum atomic E-state index is 12.6. The SMILES string of the molecule is COc1ccccc1OCC(=O)N1C[C@@H]2[C@@H](CN3CCCC3)CO[C@@H]2C1. The number of nitrogens with zero attached hydrogens (tertiary/aromatic N) is 2. The zero-order valence-electron chi connectivity index (χ0n) is 15.4. The molecule has 3 heterocycles. The van der Waals surface area contributed by atoms with Crippen LogP contribution >= 0.6 is 0 Å². The molecule has 0 aliphatic carbocycles. The Bertz CT molecular complexity index is 632. The summed E-state index contributed by atoms with van der Waals surface area (Å²) in [7, 11) is 1.60. The lowest BCUT2D eigenvalue weighted by molar-refractivity contribution is -0.133. The maximum Gasteiger partial charge on any atom is 0.260 e. The molecule has 0 radical (unpaired) electrons. The van der Waals surface area contributed by atoms with E-state index in [1.165, 1.54) is 25.9 Å². The molecule has 0 spiro atoms. The number of methoxy groups -OCH3 is 1. The number of rotatable bonds is 6. The largest absolute Gasteiger partial charge is 0.493 e. The Morgan fingerprint density at radius 1 is 1.19 bits per heavy atom. The Morgan fingerprint density at radius 2 is 1.96 bits per heavy atom. The molecule has 3 atom stereocenters. The Labute approximate surface area is 155 Å². The van der Waals surface area contributed by atoms with Crippen LogP contribution in [0.5, 0.6) is 11.5 Å². The van der Waals surface area contributed by atoms with Crippen LogP contribution in [0.4, 0.5) is 0 Å². The first-order valence-corrected chi connectivity index (χ1v) is 9.62. The number of hydrogen-bond donors (Lipinski definition) is 0. The third-order valence-corrected chi connectivity index (χ3v) is 5.90. The van der Waals surface area contributed by atoms with Crippen LogP contribution in [0.1, 0.15) is 12.8 Å². The molecule has 142 valence electrons. The fourth-order valence-electron chi connectivity index (χ4n) is 4.46. The third kappa shape index (κ3) is 3.67. The molecule has 3 fully saturated rings. The molecule has 0 unspecified atom stereocenters. The van der Waals surface area contributed by atoms with E-state index in [1.54, 1.807) is 7.11 Å². The summed E-state index contributed by atoms with van der Waals surface area (Å²) in [6, 6.07) is 7.41. The van der Waals surface area contributed by atoms with Crippen molar-refractivity contribution in [3.63, 3.8) is 0 Å². The lowest BCUT2D eigenvalue weighted by atomic mass is 9.93. The first-order valence-electron chi connectivity index (χ1n) is 9.62. The number of amides is 1. The van der Waals surface area contributed by atoms with Crippen LogP contribution in [-0.2, 0) is 9.53 Å². The number of fused-ring (bicyclic) bond motifs is 1. The third-order valence-electron chi connectivity index (χ3n) is 5.90. The van der Waals surface area contributed by atoms with E-state index in [9.17, 15) is 4.79 Å². The second kappa shape index (κ2) is 7.84. The lowest BCUT2D eigenvalue weighted by Crippen LogP contribution is -2.36. The molecule has 0 aromatic heterocycles. The standard InChI is InChI=1S/C20H28N2O4/c1-24-17-6-2-3-7-18(17)26-14-20(23)22-11-16-15(13-25-19(16)12-22)10-21-8-4-5-9-21/h2-3,6-7,15-16,19H,4-5,8-14H2,1H3/t15-,16+,19+/m0/s1. The van der Waals surface area contributed by atoms with Gasteiger partial charge in [0.05, 0.1) is 19.8 Å². The fraction of sp³-hybridized carbons (Fsp3) is 0.650. The Hall–Kier alpha value is -1.79. The van der Waals surface area contributed by atoms with Crippen molar-refractivity contribution in [1.29, 1.82) is 0 Å². The highest BCUT2D eigenvalue weighted by atomic mass is 16.5. The monoisotopic (exact) mass is 360 g/mol. The van der Waals surface area contributed by atoms with E-state index < -0.39 is 0 Å². The van der Waals surface area contributed by atoms with Crippen molar-refractivity contribution in [2.75, 3.05) is 53.0 Å². The van der Waals surface area contributed by atoms with Crippen LogP contribution in [0.25, 0.3) is 0 Å². The lowest BCUT2D eigenvalue weighted by Gasteiger charge is -2.24. The molecular weight excluding hydrogens is 332 g/mol. The summed E-state index contributed by atoms with van der Waals surface area (Å²) in [6.45, 7) is 5.89. The summed E-state index contributed by atoms with van der Waals surface area (Å²) < 4.78 is 17.0. The Balaban J connectivity index is 1.30. The quantitative estimate of drug-likeness (QED) is 0.772. The van der Waals surface area contributed by atoms with Gasteiger partial charge in [-0.3, -0.25) is 4.79 Å². The Kier molecular flexibility index (Phi) is 5.31. The van der Waals surface area contributed by atoms with Gasteiger partial charge in [0.2, 0.25) is 0 Å². The molecule has 1 aromatic rings. The number of ether oxygens (including phenoxy) is 3. The van der Waals surface area contributed by atoms with Crippen molar-refractivity contribution in [2.24, 2.45) is 11.8 Å². The van der Waals surface area contributed by atoms with E-state index in [0.29, 0.717) is 29.9 Å². The van der Waals surface area contributed by atoms with Gasteiger partial charge in [0.1, 0.15) is 0 Å². The van der Waals surface area contributed by atoms with Crippen LogP contribution in [0.15, 0.2) is 24.3 Å². The van der Waals surface area contributed by atoms with Crippen molar-refractivity contribution >= 4 is 5.91 Å². The zero-order chi connectivity index (χ0) is 17.9. The normalized spacial score (nSPS) is 28.3. The number of para-hydroxylation sites is 2. The fourth-order valence-corrected chi connectivity index (χ4v) is 4.46. The highest BCUT2D eigenvalue weighted by Gasteiger charge is 2.45. The van der Waals surface area contributed by atoms with Crippen LogP contribution in [-0.4, -0.2) is 74.9 Å². The number of likely N-dealkylation sites (tertiary alicyclic amines) is 2. The van der Waals surface area contributed by atoms with Gasteiger partial charge in [0.25, 0.3) is 5.91 Å². The highest BCUT2D eigenvalue weighted by Crippen LogP contribution is 2.35. The van der Waals surface area contributed by atoms with Gasteiger partial charge in [-0.1, -0.05) is 12.1 Å². The molecular formula is C20H28N2O4. The van der Waals surface area contributed by atoms with E-state index in [-0.39, 0.29) is 18.6 Å². The van der Waals surface area contributed by atoms with E-state index in [0.717, 1.165) is 19.7 Å². The summed E-state index contributed by atoms with van der Waals surface area (Å²) in [5, 5.41) is 0. The van der Waals surface area contributed by atoms with Gasteiger partial charge < -0.3 is 24.0 Å². The van der Waals surface area contributed by atoms with Gasteiger partial charge in [0, 0.05) is 31.5 Å². The second-order valence-corrected chi connectivity index (χ2v) is 7.54. The van der Waals surface area contributed by atoms with Gasteiger partial charge in [-0.05, 0) is 38.1 Å². The first kappa shape index (κ1) is 17.6. The predicted octanol–water partition coefficient (Wildman–Crippen LogP) is 1.64. The Morgan fingerprint density at radius 3 is 2.73 bits per heavy atom. The molecule has 3 aliphatic rings. The summed E-state index contributed by atoms with van der Waals surface area (Å²) >= 11 is 0. The summed E-state index contributed by atoms with van der Waals surface area (Å²) in [6.07, 6.45) is 2.82. The molecule has 0 saturated carbocycles. The van der Waals surface area contributed by atoms with Gasteiger partial charge >= 0.3 is 0 Å². The molecule has 26 heavy (non-hydrogen) atoms. The van der Waals surface area contributed by atoms with E-state index >= 15 is 0 Å². The van der Waals surface area contributed by atoms with E-state index in [1.807, 2.05) is 29.2 Å². The van der Waals surface area contributed by atoms with E-state index in [2.05, 4.69) is 4.90 Å². The number of carbonyl (C=O) groups excluding carboxylic acids is 1. The summed E-state index contributed by atoms with van der Waals surface area (Å²) in [5.74, 6) is 2.28. The molecule has 4 rings (SSSR count). The molecule has 0 bridgehead atoms. The minimum absolute atomic E-state index is 0.0221. The van der Waals surface area contributed by atoms with Gasteiger partial charge in [-0.25, -0.2) is 0 Å². The number of hydrogen-bond acceptors (Lipinski definition) is 5. The maximum absolute atomic E-state index is 12.6. The minimum atomic E-state index is 0.0221. The van der Waals surface area contributed by atoms with Crippen molar-refractivity contribution in [3.8, 4) is 11.5 Å². The molecule has 3 aliphatic heterocycles. The van der Waals surface area contributed by atoms with Crippen LogP contribution in [0.2, 0.25) is 0 Å². The zero-order valence-corrected chi connectivity index (χ0v) is 15.4. The van der Waals surface area contributed by atoms with Gasteiger partial charge in [-0.2, -0.15) is 0 Å². The topological polar surface area (TPSA) is 51.2 Å². The summed E-state index contributed by atoms with van der Waals surface area (Å²) in [4.78, 5) is 17.0. The van der Waals surface area contributed by atoms with Crippen LogP contribution < -0.4 is 9.47 Å². The molecule has 0 N–H and O–H groups in total. The predicted molar refractivity (Wildman–Crippen MR) is 97.5 cm³/mol. The van der Waals surface area contributed by atoms with E-state index in [4.69, 9.17) is 14.2 Å².